The molecular formula is C31H34N3O5P. The second-order valence-corrected chi connectivity index (χ2v) is 12.4. The lowest BCUT2D eigenvalue weighted by molar-refractivity contribution is -0.0590. The van der Waals surface area contributed by atoms with Crippen LogP contribution >= 0.6 is 9.24 Å². The van der Waals surface area contributed by atoms with Crippen LogP contribution in [-0.4, -0.2) is 38.3 Å². The van der Waals surface area contributed by atoms with Crippen molar-refractivity contribution in [2.24, 2.45) is 5.41 Å². The normalized spacial score (nSPS) is 25.7. The molecule has 0 amide bonds. The summed E-state index contributed by atoms with van der Waals surface area (Å²) in [6.07, 6.45) is 6.71. The molecule has 1 saturated heterocycles. The molecular weight excluding hydrogens is 525 g/mol. The second-order valence-electron chi connectivity index (χ2n) is 11.8. The third kappa shape index (κ3) is 4.71. The maximum atomic E-state index is 11.5. The van der Waals surface area contributed by atoms with Gasteiger partial charge in [-0.25, -0.2) is 9.78 Å². The molecule has 4 heterocycles. The number of benzene rings is 1. The smallest absolute Gasteiger partial charge is 0.371 e. The lowest BCUT2D eigenvalue weighted by Gasteiger charge is -2.30. The fourth-order valence-electron chi connectivity index (χ4n) is 6.62. The van der Waals surface area contributed by atoms with Crippen molar-refractivity contribution in [2.75, 3.05) is 6.61 Å². The molecule has 40 heavy (non-hydrogen) atoms. The van der Waals surface area contributed by atoms with Crippen LogP contribution in [0.25, 0.3) is 11.2 Å². The van der Waals surface area contributed by atoms with Gasteiger partial charge in [0.25, 0.3) is 0 Å². The highest BCUT2D eigenvalue weighted by Crippen LogP contribution is 2.67. The van der Waals surface area contributed by atoms with Gasteiger partial charge in [-0.15, -0.1) is 9.24 Å². The van der Waals surface area contributed by atoms with Crippen molar-refractivity contribution >= 4 is 31.7 Å². The lowest BCUT2D eigenvalue weighted by Crippen LogP contribution is -2.31. The average molecular weight is 560 g/mol. The van der Waals surface area contributed by atoms with Gasteiger partial charge in [0.2, 0.25) is 17.4 Å². The molecule has 3 aliphatic rings. The van der Waals surface area contributed by atoms with E-state index >= 15 is 0 Å². The van der Waals surface area contributed by atoms with Crippen molar-refractivity contribution in [2.45, 2.75) is 76.5 Å². The number of ether oxygens (including phenoxy) is 2. The van der Waals surface area contributed by atoms with Crippen LogP contribution in [0.2, 0.25) is 0 Å². The second kappa shape index (κ2) is 10.0. The van der Waals surface area contributed by atoms with Crippen LogP contribution in [0.5, 0.6) is 5.88 Å². The Bertz CT molecular complexity index is 1580. The summed E-state index contributed by atoms with van der Waals surface area (Å²) in [7, 11) is 2.79. The predicted octanol–water partition coefficient (Wildman–Crippen LogP) is 5.73. The minimum absolute atomic E-state index is 0.0649. The maximum Gasteiger partial charge on any atom is 0.371 e. The van der Waals surface area contributed by atoms with Gasteiger partial charge in [-0.1, -0.05) is 29.8 Å². The summed E-state index contributed by atoms with van der Waals surface area (Å²) < 4.78 is 19.5. The highest BCUT2D eigenvalue weighted by molar-refractivity contribution is 7.27. The first-order chi connectivity index (χ1) is 19.4. The van der Waals surface area contributed by atoms with Crippen LogP contribution in [0.15, 0.2) is 46.9 Å². The van der Waals surface area contributed by atoms with E-state index in [1.807, 2.05) is 6.07 Å². The van der Waals surface area contributed by atoms with E-state index in [-0.39, 0.29) is 17.3 Å². The minimum atomic E-state index is -1.07. The Morgan fingerprint density at radius 2 is 2.00 bits per heavy atom. The molecule has 0 bridgehead atoms. The van der Waals surface area contributed by atoms with Gasteiger partial charge in [-0.3, -0.25) is 0 Å². The molecule has 208 valence electrons. The molecule has 1 aromatic carbocycles. The molecule has 3 unspecified atom stereocenters. The van der Waals surface area contributed by atoms with Gasteiger partial charge in [-0.05, 0) is 67.8 Å². The van der Waals surface area contributed by atoms with E-state index in [4.69, 9.17) is 23.9 Å². The molecule has 4 aromatic rings. The molecule has 3 atom stereocenters. The Labute approximate surface area is 235 Å². The van der Waals surface area contributed by atoms with Crippen molar-refractivity contribution in [3.8, 4) is 5.88 Å². The monoisotopic (exact) mass is 559 g/mol. The van der Waals surface area contributed by atoms with Gasteiger partial charge < -0.3 is 23.6 Å². The third-order valence-electron chi connectivity index (χ3n) is 9.19. The number of pyridine rings is 1. The fraction of sp³-hybridized carbons (Fsp3) is 0.452. The minimum Gasteiger partial charge on any atom is -0.475 e. The first-order valence-corrected chi connectivity index (χ1v) is 14.8. The molecule has 2 aliphatic carbocycles. The number of nitrogens with zero attached hydrogens (tertiary/aromatic N) is 3. The van der Waals surface area contributed by atoms with Crippen molar-refractivity contribution in [1.29, 1.82) is 0 Å². The van der Waals surface area contributed by atoms with E-state index in [0.29, 0.717) is 36.6 Å². The van der Waals surface area contributed by atoms with Crippen molar-refractivity contribution in [3.63, 3.8) is 0 Å². The van der Waals surface area contributed by atoms with Crippen LogP contribution in [0.3, 0.4) is 0 Å². The Morgan fingerprint density at radius 3 is 2.73 bits per heavy atom. The highest BCUT2D eigenvalue weighted by atomic mass is 31.0. The summed E-state index contributed by atoms with van der Waals surface area (Å²) in [4.78, 5) is 21.2. The number of hydrogen-bond donors (Lipinski definition) is 1. The summed E-state index contributed by atoms with van der Waals surface area (Å²) in [5.41, 5.74) is 4.93. The van der Waals surface area contributed by atoms with Gasteiger partial charge >= 0.3 is 5.97 Å². The molecule has 2 saturated carbocycles. The molecule has 3 aromatic heterocycles. The number of carboxylic acid groups (broad SMARTS) is 1. The van der Waals surface area contributed by atoms with Gasteiger partial charge in [0.1, 0.15) is 17.9 Å². The lowest BCUT2D eigenvalue weighted by atomic mass is 9.77. The molecule has 7 rings (SSSR count). The number of rotatable bonds is 8. The van der Waals surface area contributed by atoms with Crippen molar-refractivity contribution < 1.29 is 23.8 Å². The van der Waals surface area contributed by atoms with Crippen LogP contribution in [0, 0.1) is 12.3 Å². The van der Waals surface area contributed by atoms with Crippen molar-refractivity contribution in [1.82, 2.24) is 14.5 Å². The topological polar surface area (TPSA) is 99.6 Å². The SMILES string of the molecule is Cc1ccc(COc2cccc(C3CCC4(CC3)CC4c3nc4oc(C(=O)O)cc4n3CC3CCO3)n2)c(P)c1. The van der Waals surface area contributed by atoms with Gasteiger partial charge in [0.15, 0.2) is 0 Å². The Kier molecular flexibility index (Phi) is 6.43. The number of carbonyl (C=O) groups is 1. The molecule has 8 nitrogen and oxygen atoms in total. The first kappa shape index (κ1) is 25.7. The number of carboxylic acids is 1. The fourth-order valence-corrected chi connectivity index (χ4v) is 7.06. The van der Waals surface area contributed by atoms with Crippen LogP contribution < -0.4 is 10.0 Å². The number of hydrogen-bond acceptors (Lipinski definition) is 6. The molecule has 3 fully saturated rings. The zero-order valence-corrected chi connectivity index (χ0v) is 23.8. The molecule has 9 heteroatoms. The Balaban J connectivity index is 1.03. The number of aromatic nitrogens is 3. The summed E-state index contributed by atoms with van der Waals surface area (Å²) in [5, 5.41) is 10.5. The predicted molar refractivity (Wildman–Crippen MR) is 153 cm³/mol. The number of aromatic carboxylic acids is 1. The first-order valence-electron chi connectivity index (χ1n) is 14.2. The van der Waals surface area contributed by atoms with Gasteiger partial charge in [-0.2, -0.15) is 4.98 Å². The maximum absolute atomic E-state index is 11.5. The van der Waals surface area contributed by atoms with Crippen LogP contribution in [0.1, 0.15) is 83.6 Å². The summed E-state index contributed by atoms with van der Waals surface area (Å²) in [6, 6.07) is 14.1. The molecule has 1 spiro atoms. The summed E-state index contributed by atoms with van der Waals surface area (Å²) >= 11 is 0. The van der Waals surface area contributed by atoms with E-state index in [1.54, 1.807) is 6.07 Å². The van der Waals surface area contributed by atoms with E-state index in [1.165, 1.54) is 5.56 Å². The number of furan rings is 1. The van der Waals surface area contributed by atoms with E-state index in [2.05, 4.69) is 51.1 Å². The van der Waals surface area contributed by atoms with Gasteiger partial charge in [0, 0.05) is 36.3 Å². The standard InChI is InChI=1S/C31H34N3O5P/c1-18-5-6-20(26(40)13-18)17-38-27-4-2-3-23(32-27)19-7-10-31(11-8-19)15-22(31)28-33-29-24(14-25(39-29)30(35)36)34(28)16-21-9-12-37-21/h2-6,13-14,19,21-22H,7-12,15-17,40H2,1H3,(H,35,36). The quantitative estimate of drug-likeness (QED) is 0.275. The number of imidazole rings is 1. The molecule has 1 N–H and O–H groups in total. The van der Waals surface area contributed by atoms with E-state index < -0.39 is 5.97 Å². The largest absolute Gasteiger partial charge is 0.475 e. The number of aryl methyl sites for hydroxylation is 1. The van der Waals surface area contributed by atoms with E-state index in [9.17, 15) is 9.90 Å². The molecule has 1 aliphatic heterocycles. The average Bonchev–Trinajstić information content (AvgIpc) is 3.26. The zero-order chi connectivity index (χ0) is 27.4. The summed E-state index contributed by atoms with van der Waals surface area (Å²) in [6.45, 7) is 4.06. The Hall–Kier alpha value is -3.22. The van der Waals surface area contributed by atoms with Crippen LogP contribution in [0.4, 0.5) is 0 Å². The number of fused-ring (bicyclic) bond motifs is 1. The van der Waals surface area contributed by atoms with Crippen molar-refractivity contribution in [3.05, 3.63) is 70.9 Å². The van der Waals surface area contributed by atoms with Gasteiger partial charge in [0.05, 0.1) is 12.6 Å². The molecule has 0 radical (unpaired) electrons. The highest BCUT2D eigenvalue weighted by Gasteiger charge is 2.58. The van der Waals surface area contributed by atoms with E-state index in [0.717, 1.165) is 73.0 Å². The summed E-state index contributed by atoms with van der Waals surface area (Å²) in [5.74, 6) is 1.35. The Morgan fingerprint density at radius 1 is 1.18 bits per heavy atom. The zero-order valence-electron chi connectivity index (χ0n) is 22.6. The van der Waals surface area contributed by atoms with Crippen LogP contribution in [-0.2, 0) is 17.9 Å². The third-order valence-corrected chi connectivity index (χ3v) is 9.73.